The fraction of sp³-hybridized carbons (Fsp3) is 0.381. The van der Waals surface area contributed by atoms with E-state index in [1.165, 1.54) is 17.2 Å². The second-order valence-corrected chi connectivity index (χ2v) is 6.86. The summed E-state index contributed by atoms with van der Waals surface area (Å²) in [6, 6.07) is 15.0. The summed E-state index contributed by atoms with van der Waals surface area (Å²) in [5, 5.41) is 17.5. The maximum Gasteiger partial charge on any atom is 0.269 e. The molecule has 8 nitrogen and oxygen atoms in total. The van der Waals surface area contributed by atoms with Gasteiger partial charge < -0.3 is 15.4 Å². The standard InChI is InChI=1S/C21H27N5O3.HI/c1-22-21(23-14-17-5-4-8-20(13-17)26(27)28)24-15-18-6-2-3-7-19(18)16-25-9-11-29-12-10-25;/h2-8,13H,9-12,14-16H2,1H3,(H2,22,23,24);1H. The lowest BCUT2D eigenvalue weighted by molar-refractivity contribution is -0.384. The highest BCUT2D eigenvalue weighted by atomic mass is 127. The third-order valence-corrected chi connectivity index (χ3v) is 4.87. The van der Waals surface area contributed by atoms with Gasteiger partial charge in [0, 0.05) is 51.9 Å². The Kier molecular flexibility index (Phi) is 9.98. The number of hydrogen-bond acceptors (Lipinski definition) is 5. The van der Waals surface area contributed by atoms with Gasteiger partial charge in [-0.25, -0.2) is 0 Å². The summed E-state index contributed by atoms with van der Waals surface area (Å²) >= 11 is 0. The summed E-state index contributed by atoms with van der Waals surface area (Å²) in [5.74, 6) is 0.651. The minimum Gasteiger partial charge on any atom is -0.379 e. The fourth-order valence-electron chi connectivity index (χ4n) is 3.25. The van der Waals surface area contributed by atoms with Crippen molar-refractivity contribution in [1.29, 1.82) is 0 Å². The number of aliphatic imine (C=N–C) groups is 1. The molecule has 1 aliphatic rings. The zero-order valence-corrected chi connectivity index (χ0v) is 19.4. The first kappa shape index (κ1) is 24.0. The molecule has 30 heavy (non-hydrogen) atoms. The van der Waals surface area contributed by atoms with E-state index in [2.05, 4.69) is 38.7 Å². The number of nitrogens with zero attached hydrogens (tertiary/aromatic N) is 3. The van der Waals surface area contributed by atoms with E-state index in [0.717, 1.165) is 38.4 Å². The number of rotatable bonds is 7. The highest BCUT2D eigenvalue weighted by Gasteiger charge is 2.13. The molecule has 0 aromatic heterocycles. The number of hydrogen-bond donors (Lipinski definition) is 2. The average molecular weight is 525 g/mol. The van der Waals surface area contributed by atoms with Gasteiger partial charge in [-0.1, -0.05) is 36.4 Å². The predicted molar refractivity (Wildman–Crippen MR) is 128 cm³/mol. The van der Waals surface area contributed by atoms with E-state index < -0.39 is 0 Å². The summed E-state index contributed by atoms with van der Waals surface area (Å²) in [6.45, 7) is 5.48. The van der Waals surface area contributed by atoms with Crippen molar-refractivity contribution in [3.63, 3.8) is 0 Å². The van der Waals surface area contributed by atoms with E-state index in [1.54, 1.807) is 19.2 Å². The Morgan fingerprint density at radius 3 is 2.50 bits per heavy atom. The molecule has 0 bridgehead atoms. The number of nitro groups is 1. The lowest BCUT2D eigenvalue weighted by atomic mass is 10.1. The Hall–Kier alpha value is -2.24. The van der Waals surface area contributed by atoms with Crippen LogP contribution in [0, 0.1) is 10.1 Å². The molecule has 0 saturated carbocycles. The van der Waals surface area contributed by atoms with Gasteiger partial charge in [0.05, 0.1) is 18.1 Å². The molecule has 162 valence electrons. The maximum absolute atomic E-state index is 10.9. The number of halogens is 1. The van der Waals surface area contributed by atoms with E-state index in [-0.39, 0.29) is 34.6 Å². The molecule has 1 aliphatic heterocycles. The number of guanidine groups is 1. The monoisotopic (exact) mass is 525 g/mol. The second kappa shape index (κ2) is 12.5. The molecule has 2 aromatic rings. The highest BCUT2D eigenvalue weighted by Crippen LogP contribution is 2.14. The summed E-state index contributed by atoms with van der Waals surface area (Å²) in [5.41, 5.74) is 3.42. The van der Waals surface area contributed by atoms with Crippen LogP contribution in [0.2, 0.25) is 0 Å². The van der Waals surface area contributed by atoms with Gasteiger partial charge in [-0.3, -0.25) is 20.0 Å². The van der Waals surface area contributed by atoms with Gasteiger partial charge >= 0.3 is 0 Å². The van der Waals surface area contributed by atoms with Gasteiger partial charge in [-0.05, 0) is 16.7 Å². The van der Waals surface area contributed by atoms with Crippen LogP contribution < -0.4 is 10.6 Å². The Morgan fingerprint density at radius 2 is 1.80 bits per heavy atom. The predicted octanol–water partition coefficient (Wildman–Crippen LogP) is 2.91. The number of nitro benzene ring substituents is 1. The van der Waals surface area contributed by atoms with Gasteiger partial charge in [0.2, 0.25) is 0 Å². The third kappa shape index (κ3) is 7.22. The van der Waals surface area contributed by atoms with Gasteiger partial charge in [-0.15, -0.1) is 24.0 Å². The van der Waals surface area contributed by atoms with Crippen LogP contribution in [0.5, 0.6) is 0 Å². The quantitative estimate of drug-likeness (QED) is 0.190. The van der Waals surface area contributed by atoms with Crippen molar-refractivity contribution in [3.8, 4) is 0 Å². The van der Waals surface area contributed by atoms with E-state index in [1.807, 2.05) is 12.1 Å². The van der Waals surface area contributed by atoms with Gasteiger partial charge in [-0.2, -0.15) is 0 Å². The largest absolute Gasteiger partial charge is 0.379 e. The van der Waals surface area contributed by atoms with Crippen molar-refractivity contribution in [1.82, 2.24) is 15.5 Å². The van der Waals surface area contributed by atoms with Crippen molar-refractivity contribution in [3.05, 3.63) is 75.3 Å². The van der Waals surface area contributed by atoms with Crippen molar-refractivity contribution in [2.75, 3.05) is 33.4 Å². The molecule has 0 amide bonds. The lowest BCUT2D eigenvalue weighted by Gasteiger charge is -2.27. The van der Waals surface area contributed by atoms with Crippen molar-refractivity contribution in [2.24, 2.45) is 4.99 Å². The van der Waals surface area contributed by atoms with Crippen LogP contribution >= 0.6 is 24.0 Å². The van der Waals surface area contributed by atoms with Crippen LogP contribution in [0.3, 0.4) is 0 Å². The van der Waals surface area contributed by atoms with Gasteiger partial charge in [0.1, 0.15) is 0 Å². The first-order chi connectivity index (χ1) is 14.2. The SMILES string of the molecule is CN=C(NCc1cccc([N+](=O)[O-])c1)NCc1ccccc1CN1CCOCC1.I. The van der Waals surface area contributed by atoms with Crippen LogP contribution in [-0.2, 0) is 24.4 Å². The van der Waals surface area contributed by atoms with Crippen LogP contribution in [-0.4, -0.2) is 49.1 Å². The molecule has 0 unspecified atom stereocenters. The van der Waals surface area contributed by atoms with E-state index in [4.69, 9.17) is 4.74 Å². The zero-order chi connectivity index (χ0) is 20.5. The second-order valence-electron chi connectivity index (χ2n) is 6.86. The molecule has 9 heteroatoms. The van der Waals surface area contributed by atoms with Crippen LogP contribution in [0.15, 0.2) is 53.5 Å². The number of ether oxygens (including phenoxy) is 1. The molecule has 1 saturated heterocycles. The lowest BCUT2D eigenvalue weighted by Crippen LogP contribution is -2.37. The van der Waals surface area contributed by atoms with Gasteiger partial charge in [0.25, 0.3) is 5.69 Å². The summed E-state index contributed by atoms with van der Waals surface area (Å²) in [6.07, 6.45) is 0. The molecule has 1 fully saturated rings. The third-order valence-electron chi connectivity index (χ3n) is 4.87. The van der Waals surface area contributed by atoms with E-state index >= 15 is 0 Å². The summed E-state index contributed by atoms with van der Waals surface area (Å²) in [4.78, 5) is 17.2. The number of nitrogens with one attached hydrogen (secondary N) is 2. The highest BCUT2D eigenvalue weighted by molar-refractivity contribution is 14.0. The van der Waals surface area contributed by atoms with Crippen molar-refractivity contribution in [2.45, 2.75) is 19.6 Å². The normalized spacial score (nSPS) is 14.6. The van der Waals surface area contributed by atoms with Crippen LogP contribution in [0.25, 0.3) is 0 Å². The van der Waals surface area contributed by atoms with Crippen LogP contribution in [0.4, 0.5) is 5.69 Å². The Bertz CT molecular complexity index is 856. The zero-order valence-electron chi connectivity index (χ0n) is 17.0. The van der Waals surface area contributed by atoms with Gasteiger partial charge in [0.15, 0.2) is 5.96 Å². The molecule has 0 atom stereocenters. The smallest absolute Gasteiger partial charge is 0.269 e. The first-order valence-corrected chi connectivity index (χ1v) is 9.70. The van der Waals surface area contributed by atoms with E-state index in [0.29, 0.717) is 19.0 Å². The minimum atomic E-state index is -0.387. The van der Waals surface area contributed by atoms with E-state index in [9.17, 15) is 10.1 Å². The maximum atomic E-state index is 10.9. The summed E-state index contributed by atoms with van der Waals surface area (Å²) in [7, 11) is 1.71. The topological polar surface area (TPSA) is 92.0 Å². The molecule has 0 spiro atoms. The Morgan fingerprint density at radius 1 is 1.10 bits per heavy atom. The molecular weight excluding hydrogens is 497 g/mol. The molecular formula is C21H28IN5O3. The van der Waals surface area contributed by atoms with Crippen molar-refractivity contribution < 1.29 is 9.66 Å². The van der Waals surface area contributed by atoms with Crippen LogP contribution in [0.1, 0.15) is 16.7 Å². The molecule has 0 radical (unpaired) electrons. The fourth-order valence-corrected chi connectivity index (χ4v) is 3.25. The molecule has 0 aliphatic carbocycles. The number of morpholine rings is 1. The number of non-ortho nitro benzene ring substituents is 1. The van der Waals surface area contributed by atoms with Crippen molar-refractivity contribution >= 4 is 35.6 Å². The number of benzene rings is 2. The molecule has 1 heterocycles. The molecule has 2 N–H and O–H groups in total. The summed E-state index contributed by atoms with van der Waals surface area (Å²) < 4.78 is 5.43. The Labute approximate surface area is 193 Å². The average Bonchev–Trinajstić information content (AvgIpc) is 2.76. The minimum absolute atomic E-state index is 0. The molecule has 2 aromatic carbocycles. The Balaban J connectivity index is 0.00000320. The first-order valence-electron chi connectivity index (χ1n) is 9.70. The molecule has 3 rings (SSSR count).